The zero-order chi connectivity index (χ0) is 15.4. The van der Waals surface area contributed by atoms with Crippen molar-refractivity contribution < 1.29 is 19.5 Å². The van der Waals surface area contributed by atoms with E-state index < -0.39 is 11.8 Å². The van der Waals surface area contributed by atoms with E-state index in [1.807, 2.05) is 6.07 Å². The van der Waals surface area contributed by atoms with E-state index in [0.29, 0.717) is 17.5 Å². The number of rotatable bonds is 5. The van der Waals surface area contributed by atoms with Crippen molar-refractivity contribution in [1.29, 1.82) is 5.26 Å². The van der Waals surface area contributed by atoms with Crippen molar-refractivity contribution in [2.75, 3.05) is 18.5 Å². The topological polar surface area (TPSA) is 110 Å². The molecule has 0 saturated heterocycles. The van der Waals surface area contributed by atoms with Crippen molar-refractivity contribution in [2.45, 2.75) is 0 Å². The fourth-order valence-corrected chi connectivity index (χ4v) is 1.89. The summed E-state index contributed by atoms with van der Waals surface area (Å²) in [6.45, 7) is -0.412. The normalized spacial score (nSPS) is 13.9. The Labute approximate surface area is 120 Å². The number of anilines is 1. The molecule has 0 unspecified atom stereocenters. The number of carbonyl (C=O) groups is 3. The summed E-state index contributed by atoms with van der Waals surface area (Å²) in [5.41, 5.74) is 0.855. The smallest absolute Gasteiger partial charge is 0.277 e. The van der Waals surface area contributed by atoms with Gasteiger partial charge in [0.15, 0.2) is 0 Å². The molecule has 0 bridgehead atoms. The maximum absolute atomic E-state index is 12.0. The molecule has 2 amide bonds. The van der Waals surface area contributed by atoms with E-state index in [2.05, 4.69) is 5.32 Å². The van der Waals surface area contributed by atoms with Crippen LogP contribution in [0.25, 0.3) is 0 Å². The van der Waals surface area contributed by atoms with Crippen LogP contribution < -0.4 is 5.32 Å². The summed E-state index contributed by atoms with van der Waals surface area (Å²) in [5, 5.41) is 20.6. The lowest BCUT2D eigenvalue weighted by atomic mass is 10.1. The first kappa shape index (κ1) is 14.4. The Morgan fingerprint density at radius 1 is 1.38 bits per heavy atom. The minimum atomic E-state index is -0.572. The summed E-state index contributed by atoms with van der Waals surface area (Å²) in [5.74, 6) is -1.10. The number of hydrogen-bond donors (Lipinski definition) is 2. The molecule has 1 aromatic carbocycles. The second-order valence-corrected chi connectivity index (χ2v) is 4.24. The second-order valence-electron chi connectivity index (χ2n) is 4.24. The molecule has 7 nitrogen and oxygen atoms in total. The predicted molar refractivity (Wildman–Crippen MR) is 72.1 cm³/mol. The molecule has 0 aliphatic carbocycles. The van der Waals surface area contributed by atoms with Gasteiger partial charge in [0, 0.05) is 11.6 Å². The Morgan fingerprint density at radius 2 is 2.14 bits per heavy atom. The second kappa shape index (κ2) is 5.98. The Kier molecular flexibility index (Phi) is 4.11. The molecule has 0 aromatic heterocycles. The number of carbonyl (C=O) groups excluding carboxylic acids is 3. The largest absolute Gasteiger partial charge is 0.395 e. The van der Waals surface area contributed by atoms with E-state index >= 15 is 0 Å². The van der Waals surface area contributed by atoms with Crippen LogP contribution in [0.3, 0.4) is 0 Å². The number of nitrogens with zero attached hydrogens (tertiary/aromatic N) is 2. The number of imide groups is 1. The summed E-state index contributed by atoms with van der Waals surface area (Å²) < 4.78 is 0. The van der Waals surface area contributed by atoms with Gasteiger partial charge in [-0.25, -0.2) is 0 Å². The highest BCUT2D eigenvalue weighted by atomic mass is 16.3. The molecule has 1 heterocycles. The summed E-state index contributed by atoms with van der Waals surface area (Å²) in [7, 11) is 0. The van der Waals surface area contributed by atoms with Gasteiger partial charge < -0.3 is 10.4 Å². The molecule has 0 atom stereocenters. The molecule has 0 fully saturated rings. The van der Waals surface area contributed by atoms with Crippen LogP contribution in [-0.4, -0.2) is 41.3 Å². The molecular formula is C14H11N3O4. The van der Waals surface area contributed by atoms with Crippen molar-refractivity contribution in [2.24, 2.45) is 0 Å². The number of aliphatic hydroxyl groups excluding tert-OH is 1. The molecule has 0 spiro atoms. The van der Waals surface area contributed by atoms with E-state index in [9.17, 15) is 14.4 Å². The molecule has 106 valence electrons. The maximum Gasteiger partial charge on any atom is 0.277 e. The van der Waals surface area contributed by atoms with Gasteiger partial charge in [-0.05, 0) is 18.2 Å². The summed E-state index contributed by atoms with van der Waals surface area (Å²) >= 11 is 0. The van der Waals surface area contributed by atoms with Gasteiger partial charge in [-0.1, -0.05) is 0 Å². The highest BCUT2D eigenvalue weighted by Crippen LogP contribution is 2.21. The van der Waals surface area contributed by atoms with Crippen molar-refractivity contribution >= 4 is 23.8 Å². The van der Waals surface area contributed by atoms with E-state index in [4.69, 9.17) is 10.4 Å². The lowest BCUT2D eigenvalue weighted by Crippen LogP contribution is -2.34. The predicted octanol–water partition coefficient (Wildman–Crippen LogP) is 0.0277. The number of nitrogens with one attached hydrogen (secondary N) is 1. The first-order valence-corrected chi connectivity index (χ1v) is 6.05. The number of hydrogen-bond acceptors (Lipinski definition) is 6. The number of aldehydes is 1. The number of amides is 2. The standard InChI is InChI=1S/C14H11N3O4/c15-7-10-5-9(8-19)1-2-11(10)16-12-6-13(20)17(3-4-18)14(12)21/h1-2,5-6,8,16,18H,3-4H2. The molecule has 1 aliphatic heterocycles. The Balaban J connectivity index is 2.26. The monoisotopic (exact) mass is 285 g/mol. The van der Waals surface area contributed by atoms with Crippen LogP contribution in [0.2, 0.25) is 0 Å². The number of aliphatic hydroxyl groups is 1. The van der Waals surface area contributed by atoms with Crippen LogP contribution in [0.4, 0.5) is 5.69 Å². The van der Waals surface area contributed by atoms with Gasteiger partial charge in [0.25, 0.3) is 11.8 Å². The van der Waals surface area contributed by atoms with E-state index in [1.54, 1.807) is 0 Å². The first-order chi connectivity index (χ1) is 10.1. The quantitative estimate of drug-likeness (QED) is 0.583. The summed E-state index contributed by atoms with van der Waals surface area (Å²) in [4.78, 5) is 35.1. The average molecular weight is 285 g/mol. The number of nitriles is 1. The lowest BCUT2D eigenvalue weighted by Gasteiger charge is -2.13. The zero-order valence-electron chi connectivity index (χ0n) is 10.9. The Hall–Kier alpha value is -2.98. The van der Waals surface area contributed by atoms with Gasteiger partial charge in [0.1, 0.15) is 18.1 Å². The van der Waals surface area contributed by atoms with Crippen molar-refractivity contribution in [3.8, 4) is 6.07 Å². The first-order valence-electron chi connectivity index (χ1n) is 6.05. The highest BCUT2D eigenvalue weighted by Gasteiger charge is 2.30. The molecule has 7 heteroatoms. The molecule has 0 saturated carbocycles. The average Bonchev–Trinajstić information content (AvgIpc) is 2.75. The molecule has 0 radical (unpaired) electrons. The molecule has 1 aliphatic rings. The van der Waals surface area contributed by atoms with Crippen molar-refractivity contribution in [3.63, 3.8) is 0 Å². The fraction of sp³-hybridized carbons (Fsp3) is 0.143. The van der Waals surface area contributed by atoms with Crippen LogP contribution in [0.5, 0.6) is 0 Å². The zero-order valence-corrected chi connectivity index (χ0v) is 10.9. The lowest BCUT2D eigenvalue weighted by molar-refractivity contribution is -0.137. The van der Waals surface area contributed by atoms with Gasteiger partial charge in [-0.3, -0.25) is 19.3 Å². The molecule has 1 aromatic rings. The van der Waals surface area contributed by atoms with Crippen molar-refractivity contribution in [1.82, 2.24) is 4.90 Å². The third-order valence-electron chi connectivity index (χ3n) is 2.90. The van der Waals surface area contributed by atoms with E-state index in [-0.39, 0.29) is 24.4 Å². The van der Waals surface area contributed by atoms with Crippen LogP contribution in [0.1, 0.15) is 15.9 Å². The van der Waals surface area contributed by atoms with E-state index in [1.165, 1.54) is 18.2 Å². The number of β-amino-alcohol motifs (C(OH)–C–C–N with tert-alkyl or cyclic N) is 1. The third kappa shape index (κ3) is 2.80. The van der Waals surface area contributed by atoms with Gasteiger partial charge in [-0.2, -0.15) is 5.26 Å². The molecule has 2 N–H and O–H groups in total. The summed E-state index contributed by atoms with van der Waals surface area (Å²) in [6.07, 6.45) is 1.71. The van der Waals surface area contributed by atoms with Crippen LogP contribution >= 0.6 is 0 Å². The minimum Gasteiger partial charge on any atom is -0.395 e. The van der Waals surface area contributed by atoms with Crippen LogP contribution in [0.15, 0.2) is 30.0 Å². The van der Waals surface area contributed by atoms with Gasteiger partial charge in [0.2, 0.25) is 0 Å². The SMILES string of the molecule is N#Cc1cc(C=O)ccc1NC1=CC(=O)N(CCO)C1=O. The van der Waals surface area contributed by atoms with Crippen molar-refractivity contribution in [3.05, 3.63) is 41.1 Å². The Morgan fingerprint density at radius 3 is 2.76 bits per heavy atom. The minimum absolute atomic E-state index is 0.0174. The number of benzene rings is 1. The third-order valence-corrected chi connectivity index (χ3v) is 2.90. The van der Waals surface area contributed by atoms with Crippen LogP contribution in [0, 0.1) is 11.3 Å². The highest BCUT2D eigenvalue weighted by molar-refractivity contribution is 6.17. The van der Waals surface area contributed by atoms with Crippen LogP contribution in [-0.2, 0) is 9.59 Å². The summed E-state index contributed by atoms with van der Waals surface area (Å²) in [6, 6.07) is 6.26. The molecular weight excluding hydrogens is 274 g/mol. The molecule has 2 rings (SSSR count). The van der Waals surface area contributed by atoms with E-state index in [0.717, 1.165) is 11.0 Å². The Bertz CT molecular complexity index is 688. The molecule has 21 heavy (non-hydrogen) atoms. The van der Waals surface area contributed by atoms with Gasteiger partial charge in [0.05, 0.1) is 24.4 Å². The fourth-order valence-electron chi connectivity index (χ4n) is 1.89. The van der Waals surface area contributed by atoms with Gasteiger partial charge in [-0.15, -0.1) is 0 Å². The maximum atomic E-state index is 12.0. The van der Waals surface area contributed by atoms with Gasteiger partial charge >= 0.3 is 0 Å².